The van der Waals surface area contributed by atoms with Gasteiger partial charge in [0.2, 0.25) is 5.82 Å². The van der Waals surface area contributed by atoms with Crippen LogP contribution in [0.1, 0.15) is 81.1 Å². The van der Waals surface area contributed by atoms with E-state index in [1.165, 1.54) is 31.4 Å². The molecule has 0 aliphatic rings. The predicted octanol–water partition coefficient (Wildman–Crippen LogP) is 7.27. The van der Waals surface area contributed by atoms with Crippen molar-refractivity contribution in [3.63, 3.8) is 0 Å². The molecule has 0 amide bonds. The van der Waals surface area contributed by atoms with Crippen molar-refractivity contribution in [2.75, 3.05) is 6.61 Å². The number of carbonyl (C=O) groups excluding carboxylic acids is 1. The maximum atomic E-state index is 14.3. The van der Waals surface area contributed by atoms with Crippen LogP contribution in [0.4, 0.5) is 8.78 Å². The summed E-state index contributed by atoms with van der Waals surface area (Å²) in [6.45, 7) is 4.85. The average Bonchev–Trinajstić information content (AvgIpc) is 2.76. The van der Waals surface area contributed by atoms with Gasteiger partial charge in [-0.15, -0.1) is 0 Å². The fourth-order valence-electron chi connectivity index (χ4n) is 3.15. The molecule has 2 aromatic rings. The van der Waals surface area contributed by atoms with Gasteiger partial charge in [-0.3, -0.25) is 0 Å². The van der Waals surface area contributed by atoms with Crippen molar-refractivity contribution >= 4 is 5.97 Å². The molecule has 0 fully saturated rings. The van der Waals surface area contributed by atoms with Crippen LogP contribution in [0, 0.1) is 11.6 Å². The fourth-order valence-corrected chi connectivity index (χ4v) is 3.15. The lowest BCUT2D eigenvalue weighted by Gasteiger charge is -2.10. The molecule has 0 radical (unpaired) electrons. The predicted molar refractivity (Wildman–Crippen MR) is 115 cm³/mol. The van der Waals surface area contributed by atoms with Gasteiger partial charge >= 0.3 is 5.97 Å². The Hall–Kier alpha value is -2.43. The van der Waals surface area contributed by atoms with Gasteiger partial charge in [0.1, 0.15) is 5.75 Å². The smallest absolute Gasteiger partial charge is 0.343 e. The summed E-state index contributed by atoms with van der Waals surface area (Å²) < 4.78 is 39.3. The number of unbranched alkanes of at least 4 members (excludes halogenated alkanes) is 6. The van der Waals surface area contributed by atoms with E-state index >= 15 is 0 Å². The first-order chi connectivity index (χ1) is 14.6. The van der Waals surface area contributed by atoms with Gasteiger partial charge in [-0.2, -0.15) is 4.39 Å². The minimum Gasteiger partial charge on any atom is -0.494 e. The summed E-state index contributed by atoms with van der Waals surface area (Å²) >= 11 is 0. The van der Waals surface area contributed by atoms with Gasteiger partial charge in [0.25, 0.3) is 0 Å². The summed E-state index contributed by atoms with van der Waals surface area (Å²) in [6, 6.07) is 9.26. The number of hydrogen-bond acceptors (Lipinski definition) is 3. The van der Waals surface area contributed by atoms with Crippen LogP contribution in [-0.2, 0) is 6.42 Å². The molecule has 0 aliphatic heterocycles. The summed E-state index contributed by atoms with van der Waals surface area (Å²) in [4.78, 5) is 12.3. The second-order valence-corrected chi connectivity index (χ2v) is 7.48. The molecule has 164 valence electrons. The average molecular weight is 419 g/mol. The molecule has 0 saturated heterocycles. The van der Waals surface area contributed by atoms with Gasteiger partial charge < -0.3 is 9.47 Å². The molecule has 0 spiro atoms. The third-order valence-corrected chi connectivity index (χ3v) is 4.99. The van der Waals surface area contributed by atoms with Crippen molar-refractivity contribution in [3.8, 4) is 11.5 Å². The Morgan fingerprint density at radius 2 is 1.47 bits per heavy atom. The van der Waals surface area contributed by atoms with Gasteiger partial charge in [-0.05, 0) is 55.2 Å². The second-order valence-electron chi connectivity index (χ2n) is 7.48. The zero-order chi connectivity index (χ0) is 21.8. The molecule has 0 saturated carbocycles. The molecule has 2 aromatic carbocycles. The second kappa shape index (κ2) is 13.0. The highest BCUT2D eigenvalue weighted by atomic mass is 19.2. The van der Waals surface area contributed by atoms with E-state index in [0.29, 0.717) is 24.3 Å². The summed E-state index contributed by atoms with van der Waals surface area (Å²) in [6.07, 6.45) is 8.99. The fraction of sp³-hybridized carbons (Fsp3) is 0.480. The molecular weight excluding hydrogens is 386 g/mol. The first-order valence-corrected chi connectivity index (χ1v) is 11.0. The van der Waals surface area contributed by atoms with E-state index in [9.17, 15) is 13.6 Å². The monoisotopic (exact) mass is 418 g/mol. The van der Waals surface area contributed by atoms with Crippen LogP contribution >= 0.6 is 0 Å². The molecule has 2 rings (SSSR count). The Balaban J connectivity index is 1.89. The van der Waals surface area contributed by atoms with Crippen LogP contribution < -0.4 is 9.47 Å². The first kappa shape index (κ1) is 23.8. The molecule has 5 heteroatoms. The number of rotatable bonds is 13. The Labute approximate surface area is 178 Å². The molecule has 30 heavy (non-hydrogen) atoms. The third kappa shape index (κ3) is 7.43. The minimum atomic E-state index is -1.12. The molecule has 0 atom stereocenters. The van der Waals surface area contributed by atoms with Crippen LogP contribution in [0.15, 0.2) is 36.4 Å². The Kier molecular flexibility index (Phi) is 10.3. The molecule has 0 bridgehead atoms. The van der Waals surface area contributed by atoms with Crippen molar-refractivity contribution in [3.05, 3.63) is 59.2 Å². The van der Waals surface area contributed by atoms with Crippen molar-refractivity contribution in [1.82, 2.24) is 0 Å². The summed E-state index contributed by atoms with van der Waals surface area (Å²) in [5, 5.41) is 0. The van der Waals surface area contributed by atoms with Gasteiger partial charge in [0.15, 0.2) is 11.6 Å². The van der Waals surface area contributed by atoms with E-state index in [0.717, 1.165) is 32.1 Å². The van der Waals surface area contributed by atoms with Crippen molar-refractivity contribution in [2.24, 2.45) is 0 Å². The highest BCUT2D eigenvalue weighted by Gasteiger charge is 2.18. The van der Waals surface area contributed by atoms with Gasteiger partial charge in [-0.1, -0.05) is 58.4 Å². The zero-order valence-corrected chi connectivity index (χ0v) is 18.0. The molecule has 3 nitrogen and oxygen atoms in total. The Morgan fingerprint density at radius 1 is 0.800 bits per heavy atom. The lowest BCUT2D eigenvalue weighted by molar-refractivity contribution is 0.0726. The maximum Gasteiger partial charge on any atom is 0.343 e. The lowest BCUT2D eigenvalue weighted by atomic mass is 10.1. The molecule has 0 aliphatic carbocycles. The molecule has 0 aromatic heterocycles. The van der Waals surface area contributed by atoms with E-state index in [1.807, 2.05) is 6.92 Å². The number of esters is 1. The number of aryl methyl sites for hydroxylation is 1. The maximum absolute atomic E-state index is 14.3. The van der Waals surface area contributed by atoms with Crippen LogP contribution in [0.3, 0.4) is 0 Å². The minimum absolute atomic E-state index is 0.247. The van der Waals surface area contributed by atoms with Gasteiger partial charge in [0, 0.05) is 0 Å². The lowest BCUT2D eigenvalue weighted by Crippen LogP contribution is -2.10. The largest absolute Gasteiger partial charge is 0.494 e. The van der Waals surface area contributed by atoms with Crippen molar-refractivity contribution in [2.45, 2.75) is 71.6 Å². The highest BCUT2D eigenvalue weighted by molar-refractivity contribution is 5.91. The summed E-state index contributed by atoms with van der Waals surface area (Å²) in [7, 11) is 0. The number of carbonyl (C=O) groups is 1. The van der Waals surface area contributed by atoms with E-state index in [-0.39, 0.29) is 5.56 Å². The Morgan fingerprint density at radius 3 is 2.17 bits per heavy atom. The standard InChI is InChI=1S/C25H32F2O3/c1-3-5-7-8-10-18-29-21-15-12-20(13-16-21)25(28)30-22-17-14-19(11-9-6-4-2)23(26)24(22)27/h12-17H,3-11,18H2,1-2H3. The van der Waals surface area contributed by atoms with Crippen LogP contribution in [0.2, 0.25) is 0 Å². The molecule has 0 N–H and O–H groups in total. The number of hydrogen-bond donors (Lipinski definition) is 0. The third-order valence-electron chi connectivity index (χ3n) is 4.99. The SMILES string of the molecule is CCCCCCCOc1ccc(C(=O)Oc2ccc(CCCCC)c(F)c2F)cc1. The number of ether oxygens (including phenoxy) is 2. The normalized spacial score (nSPS) is 10.8. The number of benzene rings is 2. The van der Waals surface area contributed by atoms with E-state index in [2.05, 4.69) is 6.92 Å². The van der Waals surface area contributed by atoms with E-state index in [1.54, 1.807) is 24.3 Å². The van der Waals surface area contributed by atoms with Crippen molar-refractivity contribution < 1.29 is 23.0 Å². The molecule has 0 heterocycles. The molecular formula is C25H32F2O3. The molecule has 0 unspecified atom stereocenters. The topological polar surface area (TPSA) is 35.5 Å². The zero-order valence-electron chi connectivity index (χ0n) is 18.0. The van der Waals surface area contributed by atoms with Crippen LogP contribution in [0.25, 0.3) is 0 Å². The van der Waals surface area contributed by atoms with E-state index < -0.39 is 23.4 Å². The van der Waals surface area contributed by atoms with E-state index in [4.69, 9.17) is 9.47 Å². The van der Waals surface area contributed by atoms with Crippen LogP contribution in [0.5, 0.6) is 11.5 Å². The first-order valence-electron chi connectivity index (χ1n) is 11.0. The highest BCUT2D eigenvalue weighted by Crippen LogP contribution is 2.25. The Bertz CT molecular complexity index is 788. The van der Waals surface area contributed by atoms with Crippen molar-refractivity contribution in [1.29, 1.82) is 0 Å². The number of halogens is 2. The summed E-state index contributed by atoms with van der Waals surface area (Å²) in [5.74, 6) is -2.54. The van der Waals surface area contributed by atoms with Gasteiger partial charge in [0.05, 0.1) is 12.2 Å². The summed E-state index contributed by atoms with van der Waals surface area (Å²) in [5.41, 5.74) is 0.550. The van der Waals surface area contributed by atoms with Gasteiger partial charge in [-0.25, -0.2) is 9.18 Å². The van der Waals surface area contributed by atoms with Crippen LogP contribution in [-0.4, -0.2) is 12.6 Å². The quantitative estimate of drug-likeness (QED) is 0.195.